The maximum Gasteiger partial charge on any atom is 0.244 e. The van der Waals surface area contributed by atoms with E-state index < -0.39 is 28.5 Å². The number of likely N-dealkylation sites (N-methyl/N-ethyl adjacent to an activating group) is 1. The first-order valence-corrected chi connectivity index (χ1v) is 12.8. The van der Waals surface area contributed by atoms with Crippen molar-refractivity contribution in [2.75, 3.05) is 45.0 Å². The number of methoxy groups -OCH3 is 3. The summed E-state index contributed by atoms with van der Waals surface area (Å²) in [5.41, 5.74) is 0.955. The van der Waals surface area contributed by atoms with Crippen LogP contribution in [-0.2, 0) is 26.2 Å². The van der Waals surface area contributed by atoms with E-state index in [0.717, 1.165) is 16.1 Å². The first-order valence-electron chi connectivity index (χ1n) is 11.0. The van der Waals surface area contributed by atoms with Crippen molar-refractivity contribution in [3.05, 3.63) is 48.0 Å². The summed E-state index contributed by atoms with van der Waals surface area (Å²) in [7, 11) is 0.571. The minimum Gasteiger partial charge on any atom is -0.497 e. The summed E-state index contributed by atoms with van der Waals surface area (Å²) in [6.45, 7) is 3.34. The lowest BCUT2D eigenvalue weighted by Crippen LogP contribution is -2.51. The second kappa shape index (κ2) is 12.3. The minimum atomic E-state index is -3.86. The minimum absolute atomic E-state index is 0.0812. The lowest BCUT2D eigenvalue weighted by Gasteiger charge is -2.31. The molecule has 2 rings (SSSR count). The van der Waals surface area contributed by atoms with Crippen LogP contribution in [0.15, 0.2) is 42.5 Å². The highest BCUT2D eigenvalue weighted by molar-refractivity contribution is 7.92. The maximum atomic E-state index is 13.5. The fourth-order valence-electron chi connectivity index (χ4n) is 3.47. The van der Waals surface area contributed by atoms with E-state index in [1.807, 2.05) is 0 Å². The topological polar surface area (TPSA) is 114 Å². The molecule has 192 valence electrons. The molecule has 0 heterocycles. The zero-order chi connectivity index (χ0) is 26.2. The van der Waals surface area contributed by atoms with Crippen molar-refractivity contribution in [3.8, 4) is 17.2 Å². The molecule has 10 nitrogen and oxygen atoms in total. The first-order chi connectivity index (χ1) is 16.5. The number of amides is 2. The monoisotopic (exact) mass is 507 g/mol. The number of ether oxygens (including phenoxy) is 3. The van der Waals surface area contributed by atoms with Crippen LogP contribution in [-0.4, -0.2) is 71.8 Å². The summed E-state index contributed by atoms with van der Waals surface area (Å²) in [6, 6.07) is 10.8. The van der Waals surface area contributed by atoms with Crippen LogP contribution >= 0.6 is 0 Å². The average molecular weight is 508 g/mol. The van der Waals surface area contributed by atoms with Crippen LogP contribution in [0.5, 0.6) is 17.2 Å². The number of carbonyl (C=O) groups is 2. The summed E-state index contributed by atoms with van der Waals surface area (Å²) in [5, 5.41) is 2.71. The molecule has 2 amide bonds. The van der Waals surface area contributed by atoms with Gasteiger partial charge in [-0.15, -0.1) is 0 Å². The second-order valence-electron chi connectivity index (χ2n) is 7.75. The Labute approximate surface area is 206 Å². The Kier molecular flexibility index (Phi) is 9.76. The highest BCUT2D eigenvalue weighted by atomic mass is 32.2. The zero-order valence-electron chi connectivity index (χ0n) is 20.9. The quantitative estimate of drug-likeness (QED) is 0.468. The molecule has 0 aromatic heterocycles. The molecule has 1 atom stereocenters. The smallest absolute Gasteiger partial charge is 0.244 e. The van der Waals surface area contributed by atoms with Gasteiger partial charge in [-0.1, -0.05) is 12.1 Å². The molecule has 0 saturated carbocycles. The largest absolute Gasteiger partial charge is 0.497 e. The summed E-state index contributed by atoms with van der Waals surface area (Å²) < 4.78 is 42.1. The van der Waals surface area contributed by atoms with E-state index in [2.05, 4.69) is 5.32 Å². The van der Waals surface area contributed by atoms with Gasteiger partial charge in [-0.25, -0.2) is 8.42 Å². The molecule has 0 fully saturated rings. The van der Waals surface area contributed by atoms with Gasteiger partial charge >= 0.3 is 0 Å². The molecule has 0 radical (unpaired) electrons. The molecule has 2 aromatic carbocycles. The SMILES string of the molecule is CCNC(=O)C(C)N(Cc1cccc(OC)c1)C(=O)CN(c1ccc(OC)c(OC)c1)S(C)(=O)=O. The van der Waals surface area contributed by atoms with Gasteiger partial charge in [0.25, 0.3) is 0 Å². The van der Waals surface area contributed by atoms with Crippen molar-refractivity contribution < 1.29 is 32.2 Å². The van der Waals surface area contributed by atoms with Crippen LogP contribution in [0.2, 0.25) is 0 Å². The zero-order valence-corrected chi connectivity index (χ0v) is 21.7. The molecular weight excluding hydrogens is 474 g/mol. The number of anilines is 1. The third-order valence-corrected chi connectivity index (χ3v) is 6.48. The van der Waals surface area contributed by atoms with Crippen LogP contribution in [0.4, 0.5) is 5.69 Å². The number of benzene rings is 2. The number of nitrogens with one attached hydrogen (secondary N) is 1. The van der Waals surface area contributed by atoms with Gasteiger partial charge in [0.05, 0.1) is 33.3 Å². The van der Waals surface area contributed by atoms with E-state index in [-0.39, 0.29) is 18.1 Å². The van der Waals surface area contributed by atoms with Crippen LogP contribution in [0, 0.1) is 0 Å². The molecule has 11 heteroatoms. The predicted octanol–water partition coefficient (Wildman–Crippen LogP) is 2.03. The first kappa shape index (κ1) is 27.8. The average Bonchev–Trinajstić information content (AvgIpc) is 2.84. The third-order valence-electron chi connectivity index (χ3n) is 5.34. The molecule has 0 aliphatic rings. The van der Waals surface area contributed by atoms with Crippen molar-refractivity contribution in [3.63, 3.8) is 0 Å². The van der Waals surface area contributed by atoms with Gasteiger partial charge in [0, 0.05) is 19.2 Å². The van der Waals surface area contributed by atoms with E-state index in [1.165, 1.54) is 38.4 Å². The number of hydrogen-bond acceptors (Lipinski definition) is 7. The Morgan fingerprint density at radius 3 is 2.26 bits per heavy atom. The normalized spacial score (nSPS) is 11.8. The molecule has 1 unspecified atom stereocenters. The summed E-state index contributed by atoms with van der Waals surface area (Å²) in [4.78, 5) is 27.5. The van der Waals surface area contributed by atoms with Gasteiger partial charge in [-0.2, -0.15) is 0 Å². The van der Waals surface area contributed by atoms with E-state index in [0.29, 0.717) is 23.8 Å². The molecule has 0 bridgehead atoms. The van der Waals surface area contributed by atoms with Crippen molar-refractivity contribution in [2.24, 2.45) is 0 Å². The van der Waals surface area contributed by atoms with Gasteiger partial charge in [0.2, 0.25) is 21.8 Å². The maximum absolute atomic E-state index is 13.5. The molecule has 0 aliphatic heterocycles. The molecule has 0 saturated heterocycles. The Morgan fingerprint density at radius 1 is 1.00 bits per heavy atom. The van der Waals surface area contributed by atoms with E-state index >= 15 is 0 Å². The number of carbonyl (C=O) groups excluding carboxylic acids is 2. The molecular formula is C24H33N3O7S. The van der Waals surface area contributed by atoms with Gasteiger partial charge in [-0.3, -0.25) is 13.9 Å². The number of rotatable bonds is 12. The van der Waals surface area contributed by atoms with Crippen molar-refractivity contribution in [1.29, 1.82) is 0 Å². The number of nitrogens with zero attached hydrogens (tertiary/aromatic N) is 2. The van der Waals surface area contributed by atoms with Crippen LogP contribution in [0.1, 0.15) is 19.4 Å². The predicted molar refractivity (Wildman–Crippen MR) is 133 cm³/mol. The highest BCUT2D eigenvalue weighted by Crippen LogP contribution is 2.32. The Balaban J connectivity index is 2.44. The Hall–Kier alpha value is -3.47. The van der Waals surface area contributed by atoms with E-state index in [1.54, 1.807) is 44.2 Å². The molecule has 1 N–H and O–H groups in total. The fourth-order valence-corrected chi connectivity index (χ4v) is 4.31. The van der Waals surface area contributed by atoms with Crippen LogP contribution in [0.25, 0.3) is 0 Å². The Morgan fingerprint density at radius 2 is 1.69 bits per heavy atom. The molecule has 35 heavy (non-hydrogen) atoms. The highest BCUT2D eigenvalue weighted by Gasteiger charge is 2.30. The van der Waals surface area contributed by atoms with E-state index in [4.69, 9.17) is 14.2 Å². The summed E-state index contributed by atoms with van der Waals surface area (Å²) in [5.74, 6) is 0.437. The van der Waals surface area contributed by atoms with Gasteiger partial charge in [0.1, 0.15) is 18.3 Å². The fraction of sp³-hybridized carbons (Fsp3) is 0.417. The standard InChI is InChI=1S/C24H33N3O7S/c1-7-25-24(29)17(2)26(15-18-9-8-10-20(13-18)32-3)23(28)16-27(35(6,30)31)19-11-12-21(33-4)22(14-19)34-5/h8-14,17H,7,15-16H2,1-6H3,(H,25,29). The van der Waals surface area contributed by atoms with Crippen LogP contribution in [0.3, 0.4) is 0 Å². The molecule has 0 aliphatic carbocycles. The van der Waals surface area contributed by atoms with E-state index in [9.17, 15) is 18.0 Å². The van der Waals surface area contributed by atoms with Crippen molar-refractivity contribution in [1.82, 2.24) is 10.2 Å². The van der Waals surface area contributed by atoms with Gasteiger partial charge < -0.3 is 24.4 Å². The summed E-state index contributed by atoms with van der Waals surface area (Å²) >= 11 is 0. The lowest BCUT2D eigenvalue weighted by atomic mass is 10.1. The molecule has 0 spiro atoms. The second-order valence-corrected chi connectivity index (χ2v) is 9.66. The number of hydrogen-bond donors (Lipinski definition) is 1. The van der Waals surface area contributed by atoms with Crippen molar-refractivity contribution in [2.45, 2.75) is 26.4 Å². The van der Waals surface area contributed by atoms with Gasteiger partial charge in [0.15, 0.2) is 11.5 Å². The number of sulfonamides is 1. The van der Waals surface area contributed by atoms with Crippen LogP contribution < -0.4 is 23.8 Å². The summed E-state index contributed by atoms with van der Waals surface area (Å²) in [6.07, 6.45) is 1.01. The molecule has 2 aromatic rings. The van der Waals surface area contributed by atoms with Gasteiger partial charge in [-0.05, 0) is 43.7 Å². The van der Waals surface area contributed by atoms with Crippen molar-refractivity contribution >= 4 is 27.5 Å². The Bertz CT molecular complexity index is 1140. The lowest BCUT2D eigenvalue weighted by molar-refractivity contribution is -0.139. The third kappa shape index (κ3) is 7.25.